The minimum absolute atomic E-state index is 0.0289. The van der Waals surface area contributed by atoms with Gasteiger partial charge in [-0.2, -0.15) is 8.42 Å². The Hall–Kier alpha value is -0.920. The van der Waals surface area contributed by atoms with Crippen LogP contribution in [0.5, 0.6) is 0 Å². The Morgan fingerprint density at radius 3 is 2.00 bits per heavy atom. The van der Waals surface area contributed by atoms with Crippen LogP contribution in [0.4, 0.5) is 0 Å². The fourth-order valence-corrected chi connectivity index (χ4v) is 0.447. The summed E-state index contributed by atoms with van der Waals surface area (Å²) in [5.74, 6) is -0.981. The van der Waals surface area contributed by atoms with Crippen molar-refractivity contribution < 1.29 is 27.1 Å². The standard InChI is InChI=1S/C3H4O2.C2H6O4S/c1-2-3(4)5;1-2-6-7(3,4)5/h2H,1H2,(H,4,5);2H2,1H3,(H,3,4,5). The Morgan fingerprint density at radius 2 is 2.00 bits per heavy atom. The molecule has 0 radical (unpaired) electrons. The van der Waals surface area contributed by atoms with E-state index in [1.165, 1.54) is 6.92 Å². The molecule has 12 heavy (non-hydrogen) atoms. The molecule has 0 heterocycles. The molecule has 0 aliphatic carbocycles. The number of hydrogen-bond donors (Lipinski definition) is 2. The van der Waals surface area contributed by atoms with Crippen molar-refractivity contribution in [2.45, 2.75) is 6.92 Å². The van der Waals surface area contributed by atoms with Crippen LogP contribution in [0.25, 0.3) is 0 Å². The van der Waals surface area contributed by atoms with Gasteiger partial charge in [-0.25, -0.2) is 8.98 Å². The van der Waals surface area contributed by atoms with Gasteiger partial charge in [-0.05, 0) is 6.92 Å². The number of aliphatic carboxylic acids is 1. The summed E-state index contributed by atoms with van der Waals surface area (Å²) in [6.07, 6.45) is 0.833. The Bertz CT molecular complexity index is 228. The Balaban J connectivity index is 0. The van der Waals surface area contributed by atoms with E-state index in [0.717, 1.165) is 6.08 Å². The smallest absolute Gasteiger partial charge is 0.397 e. The van der Waals surface area contributed by atoms with E-state index < -0.39 is 16.4 Å². The lowest BCUT2D eigenvalue weighted by atomic mass is 10.7. The highest BCUT2D eigenvalue weighted by atomic mass is 32.3. The van der Waals surface area contributed by atoms with E-state index >= 15 is 0 Å². The maximum absolute atomic E-state index is 9.56. The van der Waals surface area contributed by atoms with E-state index in [9.17, 15) is 13.2 Å². The molecular weight excluding hydrogens is 188 g/mol. The minimum Gasteiger partial charge on any atom is -0.478 e. The van der Waals surface area contributed by atoms with Crippen molar-refractivity contribution in [2.24, 2.45) is 0 Å². The van der Waals surface area contributed by atoms with Crippen LogP contribution in [0, 0.1) is 0 Å². The zero-order chi connectivity index (χ0) is 10.2. The normalized spacial score (nSPS) is 9.50. The van der Waals surface area contributed by atoms with Gasteiger partial charge in [0.15, 0.2) is 0 Å². The maximum atomic E-state index is 9.56. The quantitative estimate of drug-likeness (QED) is 0.492. The van der Waals surface area contributed by atoms with Crippen LogP contribution in [0.1, 0.15) is 6.92 Å². The molecule has 0 aromatic heterocycles. The van der Waals surface area contributed by atoms with Crippen molar-refractivity contribution in [1.29, 1.82) is 0 Å². The summed E-state index contributed by atoms with van der Waals surface area (Å²) >= 11 is 0. The van der Waals surface area contributed by atoms with Crippen molar-refractivity contribution in [3.8, 4) is 0 Å². The average Bonchev–Trinajstić information content (AvgIpc) is 1.86. The molecule has 6 nitrogen and oxygen atoms in total. The summed E-state index contributed by atoms with van der Waals surface area (Å²) in [6, 6.07) is 0. The number of carboxylic acids is 1. The summed E-state index contributed by atoms with van der Waals surface area (Å²) in [5.41, 5.74) is 0. The van der Waals surface area contributed by atoms with Crippen LogP contribution in [-0.4, -0.2) is 30.7 Å². The van der Waals surface area contributed by atoms with Gasteiger partial charge in [-0.15, -0.1) is 0 Å². The summed E-state index contributed by atoms with van der Waals surface area (Å²) in [4.78, 5) is 9.25. The van der Waals surface area contributed by atoms with Crippen LogP contribution >= 0.6 is 0 Å². The number of rotatable bonds is 3. The molecular formula is C5H10O6S. The molecule has 72 valence electrons. The second-order valence-corrected chi connectivity index (χ2v) is 2.47. The number of carboxylic acid groups (broad SMARTS) is 1. The first kappa shape index (κ1) is 13.7. The largest absolute Gasteiger partial charge is 0.478 e. The molecule has 0 unspecified atom stereocenters. The fourth-order valence-electron chi connectivity index (χ4n) is 0.149. The third kappa shape index (κ3) is 23.0. The van der Waals surface area contributed by atoms with Crippen molar-refractivity contribution in [3.63, 3.8) is 0 Å². The van der Waals surface area contributed by atoms with Gasteiger partial charge in [0.1, 0.15) is 0 Å². The molecule has 0 bridgehead atoms. The molecule has 0 amide bonds. The molecule has 0 atom stereocenters. The van der Waals surface area contributed by atoms with E-state index in [1.807, 2.05) is 0 Å². The summed E-state index contributed by atoms with van der Waals surface area (Å²) in [7, 11) is -4.17. The highest BCUT2D eigenvalue weighted by molar-refractivity contribution is 7.80. The summed E-state index contributed by atoms with van der Waals surface area (Å²) in [5, 5.41) is 7.60. The molecule has 7 heteroatoms. The molecule has 0 aromatic carbocycles. The van der Waals surface area contributed by atoms with E-state index in [0.29, 0.717) is 0 Å². The van der Waals surface area contributed by atoms with Crippen molar-refractivity contribution in [1.82, 2.24) is 0 Å². The van der Waals surface area contributed by atoms with E-state index in [4.69, 9.17) is 9.66 Å². The summed E-state index contributed by atoms with van der Waals surface area (Å²) < 4.78 is 30.7. The second-order valence-electron chi connectivity index (χ2n) is 1.38. The average molecular weight is 198 g/mol. The first-order valence-electron chi connectivity index (χ1n) is 2.80. The molecule has 0 saturated heterocycles. The molecule has 0 aromatic rings. The third-order valence-corrected chi connectivity index (χ3v) is 0.975. The highest BCUT2D eigenvalue weighted by Crippen LogP contribution is 1.81. The van der Waals surface area contributed by atoms with Gasteiger partial charge in [-0.1, -0.05) is 6.58 Å². The van der Waals surface area contributed by atoms with Gasteiger partial charge < -0.3 is 5.11 Å². The molecule has 0 aliphatic rings. The molecule has 0 spiro atoms. The van der Waals surface area contributed by atoms with Crippen LogP contribution in [-0.2, 0) is 19.4 Å². The SMILES string of the molecule is C=CC(=O)O.CCOS(=O)(=O)O. The van der Waals surface area contributed by atoms with Gasteiger partial charge >= 0.3 is 16.4 Å². The molecule has 0 saturated carbocycles. The predicted octanol–water partition coefficient (Wildman–Crippen LogP) is 0.0827. The monoisotopic (exact) mass is 198 g/mol. The zero-order valence-corrected chi connectivity index (χ0v) is 7.24. The zero-order valence-electron chi connectivity index (χ0n) is 6.43. The van der Waals surface area contributed by atoms with Crippen molar-refractivity contribution in [3.05, 3.63) is 12.7 Å². The van der Waals surface area contributed by atoms with Gasteiger partial charge in [-0.3, -0.25) is 4.55 Å². The number of carbonyl (C=O) groups is 1. The number of hydrogen-bond acceptors (Lipinski definition) is 4. The lowest BCUT2D eigenvalue weighted by molar-refractivity contribution is -0.131. The van der Waals surface area contributed by atoms with Crippen LogP contribution in [0.15, 0.2) is 12.7 Å². The van der Waals surface area contributed by atoms with Crippen molar-refractivity contribution >= 4 is 16.4 Å². The van der Waals surface area contributed by atoms with Crippen LogP contribution in [0.3, 0.4) is 0 Å². The summed E-state index contributed by atoms with van der Waals surface area (Å²) in [6.45, 7) is 4.40. The third-order valence-electron chi connectivity index (χ3n) is 0.441. The Labute approximate surface area is 70.4 Å². The lowest BCUT2D eigenvalue weighted by Crippen LogP contribution is -2.01. The minimum atomic E-state index is -4.17. The van der Waals surface area contributed by atoms with E-state index in [1.54, 1.807) is 0 Å². The topological polar surface area (TPSA) is 101 Å². The van der Waals surface area contributed by atoms with E-state index in [2.05, 4.69) is 10.8 Å². The molecule has 0 rings (SSSR count). The maximum Gasteiger partial charge on any atom is 0.397 e. The van der Waals surface area contributed by atoms with Gasteiger partial charge in [0, 0.05) is 6.08 Å². The lowest BCUT2D eigenvalue weighted by Gasteiger charge is -1.88. The fraction of sp³-hybridized carbons (Fsp3) is 0.400. The van der Waals surface area contributed by atoms with Crippen molar-refractivity contribution in [2.75, 3.05) is 6.61 Å². The van der Waals surface area contributed by atoms with Gasteiger partial charge in [0.05, 0.1) is 6.61 Å². The molecule has 2 N–H and O–H groups in total. The molecule has 0 aliphatic heterocycles. The van der Waals surface area contributed by atoms with Gasteiger partial charge in [0.25, 0.3) is 0 Å². The Morgan fingerprint density at radius 1 is 1.67 bits per heavy atom. The Kier molecular flexibility index (Phi) is 7.70. The first-order valence-corrected chi connectivity index (χ1v) is 4.17. The van der Waals surface area contributed by atoms with Gasteiger partial charge in [0.2, 0.25) is 0 Å². The highest BCUT2D eigenvalue weighted by Gasteiger charge is 1.98. The van der Waals surface area contributed by atoms with Crippen LogP contribution < -0.4 is 0 Å². The van der Waals surface area contributed by atoms with E-state index in [-0.39, 0.29) is 6.61 Å². The van der Waals surface area contributed by atoms with Crippen LogP contribution in [0.2, 0.25) is 0 Å². The molecule has 0 fully saturated rings. The predicted molar refractivity (Wildman–Crippen MR) is 41.0 cm³/mol. The first-order chi connectivity index (χ1) is 5.33. The second kappa shape index (κ2) is 6.77.